The fourth-order valence-corrected chi connectivity index (χ4v) is 2.27. The first-order chi connectivity index (χ1) is 9.86. The lowest BCUT2D eigenvalue weighted by Crippen LogP contribution is -2.41. The Morgan fingerprint density at radius 1 is 1.45 bits per heavy atom. The van der Waals surface area contributed by atoms with Crippen LogP contribution in [0.5, 0.6) is 11.5 Å². The maximum Gasteiger partial charge on any atom is 0.168 e. The summed E-state index contributed by atoms with van der Waals surface area (Å²) in [6, 6.07) is 7.80. The van der Waals surface area contributed by atoms with Crippen LogP contribution in [0, 0.1) is 11.3 Å². The van der Waals surface area contributed by atoms with Crippen molar-refractivity contribution in [3.63, 3.8) is 0 Å². The van der Waals surface area contributed by atoms with Gasteiger partial charge in [-0.25, -0.2) is 0 Å². The second-order valence-corrected chi connectivity index (χ2v) is 4.75. The van der Waals surface area contributed by atoms with Crippen LogP contribution in [-0.2, 0) is 4.74 Å². The van der Waals surface area contributed by atoms with Gasteiger partial charge >= 0.3 is 0 Å². The van der Waals surface area contributed by atoms with Crippen molar-refractivity contribution in [3.8, 4) is 17.6 Å². The molecule has 1 aromatic rings. The zero-order valence-corrected chi connectivity index (χ0v) is 11.1. The predicted molar refractivity (Wildman–Crippen MR) is 73.6 cm³/mol. The van der Waals surface area contributed by atoms with Crippen LogP contribution in [0.25, 0.3) is 6.08 Å². The summed E-state index contributed by atoms with van der Waals surface area (Å²) < 4.78 is 17.0. The van der Waals surface area contributed by atoms with E-state index in [0.717, 1.165) is 18.7 Å². The van der Waals surface area contributed by atoms with Crippen molar-refractivity contribution >= 4 is 6.08 Å². The maximum atomic E-state index is 8.91. The quantitative estimate of drug-likeness (QED) is 0.900. The molecule has 0 bridgehead atoms. The van der Waals surface area contributed by atoms with Gasteiger partial charge in [0.2, 0.25) is 0 Å². The first kappa shape index (κ1) is 13.0. The van der Waals surface area contributed by atoms with Gasteiger partial charge in [-0.15, -0.1) is 0 Å². The van der Waals surface area contributed by atoms with E-state index < -0.39 is 0 Å². The zero-order valence-electron chi connectivity index (χ0n) is 11.1. The smallest absolute Gasteiger partial charge is 0.168 e. The molecule has 3 rings (SSSR count). The van der Waals surface area contributed by atoms with E-state index in [2.05, 4.69) is 11.4 Å². The summed E-state index contributed by atoms with van der Waals surface area (Å²) in [7, 11) is 0. The van der Waals surface area contributed by atoms with Gasteiger partial charge in [0.25, 0.3) is 0 Å². The Labute approximate surface area is 117 Å². The normalized spacial score (nSPS) is 21.1. The number of hydrogen-bond donors (Lipinski definition) is 1. The summed E-state index contributed by atoms with van der Waals surface area (Å²) in [5, 5.41) is 12.2. The highest BCUT2D eigenvalue weighted by Crippen LogP contribution is 2.35. The van der Waals surface area contributed by atoms with E-state index in [1.54, 1.807) is 0 Å². The number of nitrogens with one attached hydrogen (secondary N) is 1. The summed E-state index contributed by atoms with van der Waals surface area (Å²) in [4.78, 5) is 0. The predicted octanol–water partition coefficient (Wildman–Crippen LogP) is 1.35. The molecule has 2 aliphatic rings. The number of nitriles is 1. The Balaban J connectivity index is 1.71. The molecular formula is C15H16N2O3. The molecule has 1 atom stereocenters. The molecule has 104 valence electrons. The number of rotatable bonds is 3. The lowest BCUT2D eigenvalue weighted by atomic mass is 10.1. The van der Waals surface area contributed by atoms with Crippen molar-refractivity contribution in [3.05, 3.63) is 29.3 Å². The van der Waals surface area contributed by atoms with E-state index in [4.69, 9.17) is 19.5 Å². The third kappa shape index (κ3) is 2.77. The number of para-hydroxylation sites is 1. The van der Waals surface area contributed by atoms with Crippen LogP contribution in [0.2, 0.25) is 0 Å². The second-order valence-electron chi connectivity index (χ2n) is 4.75. The Hall–Kier alpha value is -2.03. The first-order valence-electron chi connectivity index (χ1n) is 6.68. The van der Waals surface area contributed by atoms with Gasteiger partial charge in [-0.3, -0.25) is 0 Å². The fourth-order valence-electron chi connectivity index (χ4n) is 2.27. The van der Waals surface area contributed by atoms with Gasteiger partial charge in [0.15, 0.2) is 11.5 Å². The fraction of sp³-hybridized carbons (Fsp3) is 0.400. The van der Waals surface area contributed by atoms with Gasteiger partial charge < -0.3 is 19.5 Å². The Bertz CT molecular complexity index is 557. The van der Waals surface area contributed by atoms with Crippen molar-refractivity contribution < 1.29 is 14.2 Å². The average molecular weight is 272 g/mol. The zero-order chi connectivity index (χ0) is 13.8. The van der Waals surface area contributed by atoms with Crippen molar-refractivity contribution in [2.24, 2.45) is 0 Å². The lowest BCUT2D eigenvalue weighted by Gasteiger charge is -2.24. The highest BCUT2D eigenvalue weighted by Gasteiger charge is 2.18. The van der Waals surface area contributed by atoms with E-state index in [1.165, 1.54) is 0 Å². The highest BCUT2D eigenvalue weighted by atomic mass is 16.5. The number of benzene rings is 1. The number of fused-ring (bicyclic) bond motifs is 1. The molecule has 0 saturated carbocycles. The van der Waals surface area contributed by atoms with Gasteiger partial charge in [-0.1, -0.05) is 12.1 Å². The van der Waals surface area contributed by atoms with Crippen molar-refractivity contribution in [2.45, 2.75) is 6.10 Å². The monoisotopic (exact) mass is 272 g/mol. The minimum absolute atomic E-state index is 0.0633. The first-order valence-corrected chi connectivity index (χ1v) is 6.68. The molecule has 1 aromatic carbocycles. The van der Waals surface area contributed by atoms with Crippen LogP contribution < -0.4 is 14.8 Å². The molecule has 5 heteroatoms. The molecule has 1 N–H and O–H groups in total. The Morgan fingerprint density at radius 3 is 3.20 bits per heavy atom. The molecule has 0 aromatic heterocycles. The summed E-state index contributed by atoms with van der Waals surface area (Å²) in [6.45, 7) is 3.19. The summed E-state index contributed by atoms with van der Waals surface area (Å²) in [5.74, 6) is 1.40. The van der Waals surface area contributed by atoms with Crippen LogP contribution in [0.15, 0.2) is 23.8 Å². The van der Waals surface area contributed by atoms with Crippen LogP contribution in [0.4, 0.5) is 0 Å². The Kier molecular flexibility index (Phi) is 3.86. The second kappa shape index (κ2) is 5.95. The Morgan fingerprint density at radius 2 is 2.40 bits per heavy atom. The van der Waals surface area contributed by atoms with E-state index in [-0.39, 0.29) is 6.10 Å². The van der Waals surface area contributed by atoms with E-state index >= 15 is 0 Å². The minimum Gasteiger partial charge on any atom is -0.487 e. The van der Waals surface area contributed by atoms with Crippen LogP contribution >= 0.6 is 0 Å². The summed E-state index contributed by atoms with van der Waals surface area (Å²) in [6.07, 6.45) is 1.90. The molecule has 5 nitrogen and oxygen atoms in total. The van der Waals surface area contributed by atoms with Crippen LogP contribution in [0.3, 0.4) is 0 Å². The number of nitrogens with zero attached hydrogens (tertiary/aromatic N) is 1. The third-order valence-electron chi connectivity index (χ3n) is 3.28. The average Bonchev–Trinajstić information content (AvgIpc) is 2.53. The largest absolute Gasteiger partial charge is 0.487 e. The van der Waals surface area contributed by atoms with E-state index in [0.29, 0.717) is 36.9 Å². The van der Waals surface area contributed by atoms with Crippen molar-refractivity contribution in [2.75, 3.05) is 32.9 Å². The molecule has 0 unspecified atom stereocenters. The molecule has 0 aliphatic carbocycles. The van der Waals surface area contributed by atoms with E-state index in [1.807, 2.05) is 24.3 Å². The molecule has 1 fully saturated rings. The number of ether oxygens (including phenoxy) is 3. The molecule has 1 saturated heterocycles. The molecule has 20 heavy (non-hydrogen) atoms. The minimum atomic E-state index is 0.0633. The summed E-state index contributed by atoms with van der Waals surface area (Å²) >= 11 is 0. The van der Waals surface area contributed by atoms with E-state index in [9.17, 15) is 0 Å². The summed E-state index contributed by atoms with van der Waals surface area (Å²) in [5.41, 5.74) is 1.50. The highest BCUT2D eigenvalue weighted by molar-refractivity contribution is 5.68. The number of morpholine rings is 1. The van der Waals surface area contributed by atoms with Gasteiger partial charge in [-0.05, 0) is 12.1 Å². The van der Waals surface area contributed by atoms with Gasteiger partial charge in [0, 0.05) is 18.7 Å². The van der Waals surface area contributed by atoms with Crippen molar-refractivity contribution in [1.29, 1.82) is 5.26 Å². The molecule has 2 aliphatic heterocycles. The molecule has 0 spiro atoms. The molecular weight excluding hydrogens is 256 g/mol. The molecule has 0 amide bonds. The van der Waals surface area contributed by atoms with Crippen LogP contribution in [0.1, 0.15) is 5.56 Å². The lowest BCUT2D eigenvalue weighted by molar-refractivity contribution is -0.000350. The van der Waals surface area contributed by atoms with Crippen molar-refractivity contribution in [1.82, 2.24) is 5.32 Å². The molecule has 2 heterocycles. The van der Waals surface area contributed by atoms with Gasteiger partial charge in [0.05, 0.1) is 18.2 Å². The topological polar surface area (TPSA) is 63.5 Å². The number of hydrogen-bond acceptors (Lipinski definition) is 5. The van der Waals surface area contributed by atoms with Crippen LogP contribution in [-0.4, -0.2) is 39.0 Å². The maximum absolute atomic E-state index is 8.91. The SMILES string of the molecule is N#CC1=Cc2cccc(OC[C@@H]3CNCCO3)c2OC1. The van der Waals surface area contributed by atoms with Gasteiger partial charge in [0.1, 0.15) is 19.3 Å². The van der Waals surface area contributed by atoms with Gasteiger partial charge in [-0.2, -0.15) is 5.26 Å². The third-order valence-corrected chi connectivity index (χ3v) is 3.28. The standard InChI is InChI=1S/C15H16N2O3/c16-7-11-6-12-2-1-3-14(15(12)20-9-11)19-10-13-8-17-4-5-18-13/h1-3,6,13,17H,4-5,8-10H2/t13-/m0/s1. The molecule has 0 radical (unpaired) electrons.